The molecule has 0 saturated carbocycles. The Hall–Kier alpha value is -2.47. The number of oxazole rings is 1. The van der Waals surface area contributed by atoms with Crippen molar-refractivity contribution in [3.63, 3.8) is 0 Å². The van der Waals surface area contributed by atoms with Gasteiger partial charge in [0.25, 0.3) is 5.91 Å². The Bertz CT molecular complexity index is 711. The van der Waals surface area contributed by atoms with Crippen LogP contribution in [0.15, 0.2) is 41.1 Å². The Morgan fingerprint density at radius 2 is 2.08 bits per heavy atom. The van der Waals surface area contributed by atoms with Crippen molar-refractivity contribution in [1.82, 2.24) is 9.88 Å². The van der Waals surface area contributed by atoms with Crippen LogP contribution in [0.2, 0.25) is 0 Å². The van der Waals surface area contributed by atoms with Crippen LogP contribution in [0.4, 0.5) is 0 Å². The molecule has 1 amide bonds. The summed E-state index contributed by atoms with van der Waals surface area (Å²) in [6.45, 7) is 3.17. The molecular formula is C18H20N2O4. The highest BCUT2D eigenvalue weighted by Crippen LogP contribution is 2.19. The molecule has 2 heterocycles. The number of nitrogens with zero attached hydrogens (tertiary/aromatic N) is 2. The van der Waals surface area contributed by atoms with Gasteiger partial charge in [-0.15, -0.1) is 0 Å². The van der Waals surface area contributed by atoms with Gasteiger partial charge in [0.1, 0.15) is 5.76 Å². The predicted molar refractivity (Wildman–Crippen MR) is 86.9 cm³/mol. The normalized spacial score (nSPS) is 17.7. The van der Waals surface area contributed by atoms with E-state index in [4.69, 9.17) is 9.15 Å². The van der Waals surface area contributed by atoms with Gasteiger partial charge in [-0.25, -0.2) is 4.98 Å². The van der Waals surface area contributed by atoms with Crippen LogP contribution in [0.25, 0.3) is 0 Å². The van der Waals surface area contributed by atoms with Gasteiger partial charge < -0.3 is 14.1 Å². The fourth-order valence-corrected chi connectivity index (χ4v) is 2.88. The fourth-order valence-electron chi connectivity index (χ4n) is 2.88. The Morgan fingerprint density at radius 3 is 2.83 bits per heavy atom. The molecule has 1 aromatic carbocycles. The zero-order chi connectivity index (χ0) is 16.9. The lowest BCUT2D eigenvalue weighted by atomic mass is 10.0. The Morgan fingerprint density at radius 1 is 1.29 bits per heavy atom. The topological polar surface area (TPSA) is 72.6 Å². The van der Waals surface area contributed by atoms with Crippen molar-refractivity contribution >= 4 is 11.7 Å². The third-order valence-corrected chi connectivity index (χ3v) is 4.17. The minimum absolute atomic E-state index is 0.000215. The molecule has 0 spiro atoms. The molecule has 1 aliphatic rings. The lowest BCUT2D eigenvalue weighted by Gasteiger charge is -2.35. The van der Waals surface area contributed by atoms with E-state index in [0.717, 1.165) is 0 Å². The molecule has 126 valence electrons. The van der Waals surface area contributed by atoms with Crippen molar-refractivity contribution in [2.45, 2.75) is 25.8 Å². The van der Waals surface area contributed by atoms with Gasteiger partial charge >= 0.3 is 0 Å². The van der Waals surface area contributed by atoms with E-state index in [2.05, 4.69) is 4.98 Å². The van der Waals surface area contributed by atoms with Crippen molar-refractivity contribution < 1.29 is 18.7 Å². The first kappa shape index (κ1) is 16.4. The van der Waals surface area contributed by atoms with Gasteiger partial charge in [0.15, 0.2) is 17.9 Å². The first-order valence-corrected chi connectivity index (χ1v) is 8.10. The third kappa shape index (κ3) is 3.38. The zero-order valence-electron chi connectivity index (χ0n) is 13.6. The number of hydrogen-bond acceptors (Lipinski definition) is 5. The Kier molecular flexibility index (Phi) is 5.05. The molecule has 0 unspecified atom stereocenters. The van der Waals surface area contributed by atoms with Crippen LogP contribution < -0.4 is 0 Å². The van der Waals surface area contributed by atoms with E-state index in [1.54, 1.807) is 17.0 Å². The van der Waals surface area contributed by atoms with Gasteiger partial charge in [0, 0.05) is 24.9 Å². The van der Waals surface area contributed by atoms with Crippen LogP contribution in [0.3, 0.4) is 0 Å². The number of hydrogen-bond donors (Lipinski definition) is 0. The SMILES string of the molecule is CCc1ocnc1C(=O)N1CCOC[C@H]1CC(=O)c1ccccc1. The van der Waals surface area contributed by atoms with Gasteiger partial charge in [-0.1, -0.05) is 37.3 Å². The number of carbonyl (C=O) groups is 2. The summed E-state index contributed by atoms with van der Waals surface area (Å²) in [7, 11) is 0. The average molecular weight is 328 g/mol. The lowest BCUT2D eigenvalue weighted by Crippen LogP contribution is -2.49. The highest BCUT2D eigenvalue weighted by molar-refractivity contribution is 5.97. The lowest BCUT2D eigenvalue weighted by molar-refractivity contribution is -0.00318. The van der Waals surface area contributed by atoms with Crippen LogP contribution in [0.1, 0.15) is 40.0 Å². The Labute approximate surface area is 140 Å². The van der Waals surface area contributed by atoms with Crippen LogP contribution >= 0.6 is 0 Å². The van der Waals surface area contributed by atoms with Gasteiger partial charge in [0.05, 0.1) is 19.3 Å². The van der Waals surface area contributed by atoms with Crippen LogP contribution in [-0.4, -0.2) is 47.4 Å². The largest absolute Gasteiger partial charge is 0.448 e. The van der Waals surface area contributed by atoms with E-state index >= 15 is 0 Å². The first-order valence-electron chi connectivity index (χ1n) is 8.10. The summed E-state index contributed by atoms with van der Waals surface area (Å²) in [5.74, 6) is 0.370. The second-order valence-electron chi connectivity index (χ2n) is 5.70. The van der Waals surface area contributed by atoms with Crippen LogP contribution in [0.5, 0.6) is 0 Å². The summed E-state index contributed by atoms with van der Waals surface area (Å²) in [6.07, 6.45) is 2.12. The standard InChI is InChI=1S/C18H20N2O4/c1-2-16-17(19-12-24-16)18(22)20-8-9-23-11-14(20)10-15(21)13-6-4-3-5-7-13/h3-7,12,14H,2,8-11H2,1H3/t14-/m1/s1. The summed E-state index contributed by atoms with van der Waals surface area (Å²) in [5, 5.41) is 0. The molecule has 3 rings (SSSR count). The van der Waals surface area contributed by atoms with Gasteiger partial charge in [-0.3, -0.25) is 9.59 Å². The maximum Gasteiger partial charge on any atom is 0.276 e. The van der Waals surface area contributed by atoms with E-state index in [-0.39, 0.29) is 24.2 Å². The molecule has 6 nitrogen and oxygen atoms in total. The summed E-state index contributed by atoms with van der Waals surface area (Å²) in [5.41, 5.74) is 0.975. The number of ether oxygens (including phenoxy) is 1. The van der Waals surface area contributed by atoms with E-state index < -0.39 is 0 Å². The van der Waals surface area contributed by atoms with Crippen molar-refractivity contribution in [2.24, 2.45) is 0 Å². The van der Waals surface area contributed by atoms with Crippen LogP contribution in [-0.2, 0) is 11.2 Å². The number of morpholine rings is 1. The molecule has 0 bridgehead atoms. The number of Topliss-reactive ketones (excluding diaryl/α,β-unsaturated/α-hetero) is 1. The van der Waals surface area contributed by atoms with E-state index in [0.29, 0.717) is 43.2 Å². The van der Waals surface area contributed by atoms with Gasteiger partial charge in [-0.2, -0.15) is 0 Å². The molecule has 1 atom stereocenters. The summed E-state index contributed by atoms with van der Waals surface area (Å²) in [4.78, 5) is 31.0. The van der Waals surface area contributed by atoms with Gasteiger partial charge in [0.2, 0.25) is 0 Å². The first-order chi connectivity index (χ1) is 11.7. The Balaban J connectivity index is 1.76. The molecule has 0 N–H and O–H groups in total. The van der Waals surface area contributed by atoms with Crippen molar-refractivity contribution in [2.75, 3.05) is 19.8 Å². The quantitative estimate of drug-likeness (QED) is 0.788. The molecule has 2 aromatic rings. The zero-order valence-corrected chi connectivity index (χ0v) is 13.6. The van der Waals surface area contributed by atoms with Crippen molar-refractivity contribution in [3.05, 3.63) is 53.7 Å². The number of benzene rings is 1. The monoisotopic (exact) mass is 328 g/mol. The average Bonchev–Trinajstić information content (AvgIpc) is 3.11. The van der Waals surface area contributed by atoms with Crippen molar-refractivity contribution in [1.29, 1.82) is 0 Å². The second-order valence-corrected chi connectivity index (χ2v) is 5.70. The molecule has 1 saturated heterocycles. The number of amides is 1. The number of ketones is 1. The fraction of sp³-hybridized carbons (Fsp3) is 0.389. The van der Waals surface area contributed by atoms with Crippen LogP contribution in [0, 0.1) is 0 Å². The van der Waals surface area contributed by atoms with Crippen molar-refractivity contribution in [3.8, 4) is 0 Å². The molecule has 1 aromatic heterocycles. The minimum Gasteiger partial charge on any atom is -0.448 e. The second kappa shape index (κ2) is 7.40. The summed E-state index contributed by atoms with van der Waals surface area (Å²) < 4.78 is 10.7. The minimum atomic E-state index is -0.291. The molecular weight excluding hydrogens is 308 g/mol. The van der Waals surface area contributed by atoms with E-state index in [1.165, 1.54) is 6.39 Å². The molecule has 24 heavy (non-hydrogen) atoms. The molecule has 1 aliphatic heterocycles. The number of aryl methyl sites for hydroxylation is 1. The summed E-state index contributed by atoms with van der Waals surface area (Å²) in [6, 6.07) is 8.80. The highest BCUT2D eigenvalue weighted by Gasteiger charge is 2.32. The summed E-state index contributed by atoms with van der Waals surface area (Å²) >= 11 is 0. The molecule has 6 heteroatoms. The van der Waals surface area contributed by atoms with Gasteiger partial charge in [-0.05, 0) is 0 Å². The number of aromatic nitrogens is 1. The molecule has 0 aliphatic carbocycles. The number of rotatable bonds is 5. The molecule has 0 radical (unpaired) electrons. The molecule has 1 fully saturated rings. The van der Waals surface area contributed by atoms with E-state index in [1.807, 2.05) is 25.1 Å². The third-order valence-electron chi connectivity index (χ3n) is 4.17. The number of carbonyl (C=O) groups excluding carboxylic acids is 2. The highest BCUT2D eigenvalue weighted by atomic mass is 16.5. The predicted octanol–water partition coefficient (Wildman–Crippen LogP) is 2.35. The van der Waals surface area contributed by atoms with E-state index in [9.17, 15) is 9.59 Å². The smallest absolute Gasteiger partial charge is 0.276 e. The maximum atomic E-state index is 12.8. The maximum absolute atomic E-state index is 12.8.